The summed E-state index contributed by atoms with van der Waals surface area (Å²) in [5.74, 6) is 2.22. The highest BCUT2D eigenvalue weighted by molar-refractivity contribution is 5.79. The van der Waals surface area contributed by atoms with Gasteiger partial charge in [-0.25, -0.2) is 0 Å². The minimum absolute atomic E-state index is 0.307. The summed E-state index contributed by atoms with van der Waals surface area (Å²) >= 11 is 0. The third kappa shape index (κ3) is 6.68. The normalized spacial score (nSPS) is 13.5. The number of methoxy groups -OCH3 is 2. The Balaban J connectivity index is 1.98. The van der Waals surface area contributed by atoms with Gasteiger partial charge < -0.3 is 25.2 Å². The molecule has 0 saturated heterocycles. The summed E-state index contributed by atoms with van der Waals surface area (Å²) in [6.07, 6.45) is -0.701. The van der Waals surface area contributed by atoms with Crippen molar-refractivity contribution in [2.45, 2.75) is 32.8 Å². The summed E-state index contributed by atoms with van der Waals surface area (Å²) in [6.45, 7) is 8.01. The van der Waals surface area contributed by atoms with Crippen molar-refractivity contribution >= 4 is 5.96 Å². The molecule has 0 fully saturated rings. The Kier molecular flexibility index (Phi) is 8.80. The molecule has 29 heavy (non-hydrogen) atoms. The number of aliphatic hydroxyl groups excluding tert-OH is 1. The van der Waals surface area contributed by atoms with Gasteiger partial charge in [-0.2, -0.15) is 0 Å². The number of nitrogens with zero attached hydrogens (tertiary/aromatic N) is 1. The molecule has 2 aromatic carbocycles. The number of benzene rings is 2. The quantitative estimate of drug-likeness (QED) is 0.445. The van der Waals surface area contributed by atoms with E-state index < -0.39 is 6.10 Å². The van der Waals surface area contributed by atoms with Crippen LogP contribution in [0.5, 0.6) is 11.5 Å². The van der Waals surface area contributed by atoms with Crippen molar-refractivity contribution in [3.8, 4) is 11.5 Å². The second-order valence-corrected chi connectivity index (χ2v) is 7.04. The molecular formula is C23H33N3O3. The molecule has 0 amide bonds. The molecule has 3 N–H and O–H groups in total. The zero-order valence-electron chi connectivity index (χ0n) is 18.0. The number of nitrogens with one attached hydrogen (secondary N) is 2. The summed E-state index contributed by atoms with van der Waals surface area (Å²) in [7, 11) is 3.17. The Bertz CT molecular complexity index is 790. The van der Waals surface area contributed by atoms with Gasteiger partial charge in [-0.15, -0.1) is 0 Å². The molecule has 0 saturated carbocycles. The van der Waals surface area contributed by atoms with Gasteiger partial charge in [-0.05, 0) is 37.1 Å². The van der Waals surface area contributed by atoms with E-state index in [1.54, 1.807) is 26.4 Å². The van der Waals surface area contributed by atoms with Gasteiger partial charge in [0.1, 0.15) is 0 Å². The van der Waals surface area contributed by atoms with E-state index in [9.17, 15) is 5.11 Å². The molecule has 6 heteroatoms. The van der Waals surface area contributed by atoms with Crippen molar-refractivity contribution in [2.75, 3.05) is 33.9 Å². The number of ether oxygens (including phenoxy) is 2. The summed E-state index contributed by atoms with van der Waals surface area (Å²) in [5.41, 5.74) is 3.27. The minimum Gasteiger partial charge on any atom is -0.493 e. The van der Waals surface area contributed by atoms with Gasteiger partial charge in [-0.3, -0.25) is 4.99 Å². The van der Waals surface area contributed by atoms with E-state index in [1.807, 2.05) is 13.0 Å². The summed E-state index contributed by atoms with van der Waals surface area (Å²) in [4.78, 5) is 4.68. The van der Waals surface area contributed by atoms with Gasteiger partial charge >= 0.3 is 0 Å². The van der Waals surface area contributed by atoms with Gasteiger partial charge in [-0.1, -0.05) is 42.8 Å². The highest BCUT2D eigenvalue weighted by Crippen LogP contribution is 2.29. The van der Waals surface area contributed by atoms with E-state index in [0.29, 0.717) is 36.5 Å². The monoisotopic (exact) mass is 399 g/mol. The zero-order chi connectivity index (χ0) is 21.2. The van der Waals surface area contributed by atoms with Crippen LogP contribution in [0.1, 0.15) is 42.6 Å². The molecule has 6 nitrogen and oxygen atoms in total. The van der Waals surface area contributed by atoms with Crippen LogP contribution in [0.25, 0.3) is 0 Å². The molecule has 0 radical (unpaired) electrons. The number of aliphatic imine (C=N–C) groups is 1. The second-order valence-electron chi connectivity index (χ2n) is 7.04. The Morgan fingerprint density at radius 3 is 2.28 bits per heavy atom. The molecule has 158 valence electrons. The third-order valence-corrected chi connectivity index (χ3v) is 4.77. The first-order valence-corrected chi connectivity index (χ1v) is 9.97. The SMILES string of the molecule is CCNC(=NCC(C)c1ccc(C)cc1)NCC(O)c1ccc(OC)c(OC)c1. The van der Waals surface area contributed by atoms with Gasteiger partial charge in [0.2, 0.25) is 0 Å². The van der Waals surface area contributed by atoms with Crippen molar-refractivity contribution < 1.29 is 14.6 Å². The largest absolute Gasteiger partial charge is 0.493 e. The molecule has 2 atom stereocenters. The van der Waals surface area contributed by atoms with E-state index in [-0.39, 0.29) is 0 Å². The van der Waals surface area contributed by atoms with Crippen LogP contribution in [0.3, 0.4) is 0 Å². The summed E-state index contributed by atoms with van der Waals surface area (Å²) in [6, 6.07) is 14.0. The number of guanidine groups is 1. The number of aliphatic hydroxyl groups is 1. The first kappa shape index (κ1) is 22.6. The number of hydrogen-bond donors (Lipinski definition) is 3. The van der Waals surface area contributed by atoms with Crippen LogP contribution >= 0.6 is 0 Å². The van der Waals surface area contributed by atoms with Crippen LogP contribution in [0, 0.1) is 6.92 Å². The van der Waals surface area contributed by atoms with E-state index >= 15 is 0 Å². The topological polar surface area (TPSA) is 75.1 Å². The fourth-order valence-electron chi connectivity index (χ4n) is 2.94. The average Bonchev–Trinajstić information content (AvgIpc) is 2.75. The summed E-state index contributed by atoms with van der Waals surface area (Å²) < 4.78 is 10.6. The molecule has 0 aliphatic carbocycles. The highest BCUT2D eigenvalue weighted by atomic mass is 16.5. The number of rotatable bonds is 9. The van der Waals surface area contributed by atoms with E-state index in [4.69, 9.17) is 9.47 Å². The lowest BCUT2D eigenvalue weighted by Gasteiger charge is -2.18. The molecule has 0 aliphatic rings. The van der Waals surface area contributed by atoms with Crippen molar-refractivity contribution in [2.24, 2.45) is 4.99 Å². The predicted molar refractivity (Wildman–Crippen MR) is 118 cm³/mol. The fraction of sp³-hybridized carbons (Fsp3) is 0.435. The summed E-state index contributed by atoms with van der Waals surface area (Å²) in [5, 5.41) is 17.0. The van der Waals surface area contributed by atoms with Crippen LogP contribution < -0.4 is 20.1 Å². The standard InChI is InChI=1S/C23H33N3O3/c1-6-24-23(25-14-17(3)18-9-7-16(2)8-10-18)26-15-20(27)19-11-12-21(28-4)22(13-19)29-5/h7-13,17,20,27H,6,14-15H2,1-5H3,(H2,24,25,26). The van der Waals surface area contributed by atoms with Crippen LogP contribution in [-0.2, 0) is 0 Å². The number of hydrogen-bond acceptors (Lipinski definition) is 4. The lowest BCUT2D eigenvalue weighted by Crippen LogP contribution is -2.39. The van der Waals surface area contributed by atoms with E-state index in [2.05, 4.69) is 53.7 Å². The van der Waals surface area contributed by atoms with Crippen molar-refractivity contribution in [3.05, 3.63) is 59.2 Å². The number of aryl methyl sites for hydroxylation is 1. The lowest BCUT2D eigenvalue weighted by atomic mass is 10.0. The third-order valence-electron chi connectivity index (χ3n) is 4.77. The van der Waals surface area contributed by atoms with Crippen molar-refractivity contribution in [3.63, 3.8) is 0 Å². The maximum atomic E-state index is 10.6. The van der Waals surface area contributed by atoms with Crippen LogP contribution in [0.2, 0.25) is 0 Å². The Morgan fingerprint density at radius 1 is 1.00 bits per heavy atom. The maximum absolute atomic E-state index is 10.6. The molecule has 0 heterocycles. The van der Waals surface area contributed by atoms with Gasteiger partial charge in [0.15, 0.2) is 17.5 Å². The van der Waals surface area contributed by atoms with Gasteiger partial charge in [0, 0.05) is 25.6 Å². The molecule has 0 spiro atoms. The smallest absolute Gasteiger partial charge is 0.191 e. The molecule has 0 aromatic heterocycles. The zero-order valence-corrected chi connectivity index (χ0v) is 18.0. The van der Waals surface area contributed by atoms with Gasteiger partial charge in [0.05, 0.1) is 20.3 Å². The minimum atomic E-state index is -0.701. The highest BCUT2D eigenvalue weighted by Gasteiger charge is 2.13. The van der Waals surface area contributed by atoms with E-state index in [0.717, 1.165) is 12.1 Å². The Hall–Kier alpha value is -2.73. The lowest BCUT2D eigenvalue weighted by molar-refractivity contribution is 0.180. The molecule has 0 bridgehead atoms. The average molecular weight is 400 g/mol. The van der Waals surface area contributed by atoms with Gasteiger partial charge in [0.25, 0.3) is 0 Å². The van der Waals surface area contributed by atoms with Crippen LogP contribution in [0.15, 0.2) is 47.5 Å². The molecule has 2 rings (SSSR count). The molecular weight excluding hydrogens is 366 g/mol. The second kappa shape index (κ2) is 11.3. The Labute approximate surface area is 174 Å². The maximum Gasteiger partial charge on any atom is 0.191 e. The van der Waals surface area contributed by atoms with E-state index in [1.165, 1.54) is 11.1 Å². The van der Waals surface area contributed by atoms with Crippen LogP contribution in [-0.4, -0.2) is 44.9 Å². The van der Waals surface area contributed by atoms with Crippen LogP contribution in [0.4, 0.5) is 0 Å². The molecule has 2 unspecified atom stereocenters. The van der Waals surface area contributed by atoms with Crippen molar-refractivity contribution in [1.29, 1.82) is 0 Å². The van der Waals surface area contributed by atoms with Crippen molar-refractivity contribution in [1.82, 2.24) is 10.6 Å². The first-order chi connectivity index (χ1) is 14.0. The first-order valence-electron chi connectivity index (χ1n) is 9.97. The predicted octanol–water partition coefficient (Wildman–Crippen LogP) is 3.40. The molecule has 0 aliphatic heterocycles. The Morgan fingerprint density at radius 2 is 1.66 bits per heavy atom. The fourth-order valence-corrected chi connectivity index (χ4v) is 2.94. The molecule has 2 aromatic rings.